The molecule has 1 aliphatic carbocycles. The van der Waals surface area contributed by atoms with Crippen LogP contribution in [0.3, 0.4) is 0 Å². The molecular formula is C28H35FN4O6S. The Morgan fingerprint density at radius 1 is 1.18 bits per heavy atom. The second-order valence-electron chi connectivity index (χ2n) is 11.7. The van der Waals surface area contributed by atoms with Crippen LogP contribution in [0.2, 0.25) is 0 Å². The molecule has 3 amide bonds. The third-order valence-electron chi connectivity index (χ3n) is 7.37. The van der Waals surface area contributed by atoms with Gasteiger partial charge in [0.25, 0.3) is 5.91 Å². The summed E-state index contributed by atoms with van der Waals surface area (Å²) < 4.78 is 14.4. The van der Waals surface area contributed by atoms with Crippen LogP contribution in [-0.4, -0.2) is 74.2 Å². The lowest BCUT2D eigenvalue weighted by Gasteiger charge is -2.36. The van der Waals surface area contributed by atoms with Gasteiger partial charge in [-0.3, -0.25) is 19.2 Å². The van der Waals surface area contributed by atoms with E-state index in [0.717, 1.165) is 16.1 Å². The second kappa shape index (κ2) is 11.2. The maximum Gasteiger partial charge on any atom is 0.305 e. The minimum absolute atomic E-state index is 0.0567. The van der Waals surface area contributed by atoms with Gasteiger partial charge in [0.15, 0.2) is 5.67 Å². The molecule has 1 saturated carbocycles. The van der Waals surface area contributed by atoms with Crippen LogP contribution in [0.15, 0.2) is 29.8 Å². The molecule has 40 heavy (non-hydrogen) atoms. The van der Waals surface area contributed by atoms with Crippen molar-refractivity contribution >= 4 is 35.0 Å². The average molecular weight is 575 g/mol. The lowest BCUT2D eigenvalue weighted by atomic mass is 9.85. The number of halogens is 1. The van der Waals surface area contributed by atoms with Gasteiger partial charge < -0.3 is 25.7 Å². The van der Waals surface area contributed by atoms with Crippen LogP contribution >= 0.6 is 11.3 Å². The number of carbonyl (C=O) groups excluding carboxylic acids is 3. The van der Waals surface area contributed by atoms with E-state index in [0.29, 0.717) is 5.56 Å². The van der Waals surface area contributed by atoms with Crippen molar-refractivity contribution in [1.82, 2.24) is 20.5 Å². The molecule has 2 aliphatic rings. The Bertz CT molecular complexity index is 1290. The molecule has 0 spiro atoms. The third-order valence-corrected chi connectivity index (χ3v) is 8.34. The Kier molecular flexibility index (Phi) is 8.32. The van der Waals surface area contributed by atoms with E-state index in [1.807, 2.05) is 19.1 Å². The van der Waals surface area contributed by atoms with Gasteiger partial charge in [-0.05, 0) is 36.3 Å². The minimum Gasteiger partial charge on any atom is -0.481 e. The summed E-state index contributed by atoms with van der Waals surface area (Å²) in [6, 6.07) is 4.03. The van der Waals surface area contributed by atoms with E-state index in [-0.39, 0.29) is 25.8 Å². The molecule has 4 N–H and O–H groups in total. The summed E-state index contributed by atoms with van der Waals surface area (Å²) in [6.07, 6.45) is -1.27. The van der Waals surface area contributed by atoms with Crippen LogP contribution in [0.5, 0.6) is 0 Å². The van der Waals surface area contributed by atoms with E-state index in [9.17, 15) is 33.8 Å². The lowest BCUT2D eigenvalue weighted by molar-refractivity contribution is -0.145. The van der Waals surface area contributed by atoms with Crippen molar-refractivity contribution in [1.29, 1.82) is 0 Å². The number of carbonyl (C=O) groups is 4. The topological polar surface area (TPSA) is 149 Å². The Balaban J connectivity index is 1.53. The molecule has 0 radical (unpaired) electrons. The number of nitrogens with zero attached hydrogens (tertiary/aromatic N) is 2. The van der Waals surface area contributed by atoms with Crippen molar-refractivity contribution < 1.29 is 33.8 Å². The summed E-state index contributed by atoms with van der Waals surface area (Å²) >= 11 is 1.49. The van der Waals surface area contributed by atoms with Gasteiger partial charge in [-0.1, -0.05) is 45.0 Å². The van der Waals surface area contributed by atoms with Crippen LogP contribution in [0.25, 0.3) is 10.4 Å². The molecule has 216 valence electrons. The number of nitrogens with one attached hydrogen (secondary N) is 2. The first-order valence-corrected chi connectivity index (χ1v) is 14.1. The zero-order valence-corrected chi connectivity index (χ0v) is 23.8. The monoisotopic (exact) mass is 574 g/mol. The number of hydrogen-bond donors (Lipinski definition) is 4. The number of aliphatic hydroxyl groups is 1. The van der Waals surface area contributed by atoms with E-state index in [1.165, 1.54) is 16.2 Å². The lowest BCUT2D eigenvalue weighted by Crippen LogP contribution is -2.59. The Labute approximate surface area is 236 Å². The number of benzene rings is 1. The van der Waals surface area contributed by atoms with Crippen molar-refractivity contribution in [2.75, 3.05) is 6.54 Å². The van der Waals surface area contributed by atoms with E-state index in [4.69, 9.17) is 0 Å². The average Bonchev–Trinajstić information content (AvgIpc) is 3.28. The number of carboxylic acid groups (broad SMARTS) is 1. The van der Waals surface area contributed by atoms with Crippen molar-refractivity contribution in [3.05, 3.63) is 41.0 Å². The van der Waals surface area contributed by atoms with Crippen LogP contribution in [-0.2, 0) is 19.2 Å². The number of likely N-dealkylation sites (tertiary alicyclic amines) is 1. The van der Waals surface area contributed by atoms with Crippen molar-refractivity contribution in [2.45, 2.75) is 83.3 Å². The second-order valence-corrected chi connectivity index (χ2v) is 12.5. The van der Waals surface area contributed by atoms with Gasteiger partial charge >= 0.3 is 5.97 Å². The van der Waals surface area contributed by atoms with Crippen molar-refractivity contribution in [3.8, 4) is 10.4 Å². The van der Waals surface area contributed by atoms with Crippen LogP contribution < -0.4 is 10.6 Å². The first kappa shape index (κ1) is 29.6. The molecular weight excluding hydrogens is 539 g/mol. The van der Waals surface area contributed by atoms with E-state index < -0.39 is 65.4 Å². The first-order chi connectivity index (χ1) is 18.7. The number of aliphatic carboxylic acids is 1. The highest BCUT2D eigenvalue weighted by Crippen LogP contribution is 2.40. The largest absolute Gasteiger partial charge is 0.481 e. The van der Waals surface area contributed by atoms with Gasteiger partial charge in [0, 0.05) is 13.0 Å². The number of β-amino-alcohol motifs (C(OH)–C–C–N with tert-alkyl or cyclic N) is 1. The van der Waals surface area contributed by atoms with E-state index >= 15 is 0 Å². The zero-order chi connectivity index (χ0) is 29.4. The molecule has 4 rings (SSSR count). The number of alkyl halides is 1. The number of aromatic nitrogens is 1. The number of amides is 3. The van der Waals surface area contributed by atoms with Gasteiger partial charge in [0.1, 0.15) is 12.1 Å². The molecule has 4 atom stereocenters. The Hall–Kier alpha value is -3.38. The summed E-state index contributed by atoms with van der Waals surface area (Å²) in [4.78, 5) is 57.7. The molecule has 1 saturated heterocycles. The summed E-state index contributed by atoms with van der Waals surface area (Å²) in [7, 11) is 0. The highest BCUT2D eigenvalue weighted by molar-refractivity contribution is 7.13. The number of thiazole rings is 1. The van der Waals surface area contributed by atoms with E-state index in [1.54, 1.807) is 38.4 Å². The summed E-state index contributed by atoms with van der Waals surface area (Å²) in [5, 5.41) is 25.2. The standard InChI is InChI=1S/C28H35FN4O6S/c1-15-22(40-14-30-15)17-7-5-16(6-8-17)19(12-21(35)36)31-24(37)20-11-18(34)13-33(20)25(38)23(27(2,3)4)32-26(39)28(29)9-10-28/h5-8,14,18-20,23,34H,9-13H2,1-4H3,(H,31,37)(H,32,39)(H,35,36). The van der Waals surface area contributed by atoms with Crippen LogP contribution in [0, 0.1) is 12.3 Å². The van der Waals surface area contributed by atoms with Gasteiger partial charge in [0.2, 0.25) is 11.8 Å². The number of aryl methyl sites for hydroxylation is 1. The van der Waals surface area contributed by atoms with Gasteiger partial charge in [-0.2, -0.15) is 0 Å². The Morgan fingerprint density at radius 2 is 1.82 bits per heavy atom. The number of aliphatic hydroxyl groups excluding tert-OH is 1. The number of hydrogen-bond acceptors (Lipinski definition) is 7. The van der Waals surface area contributed by atoms with Gasteiger partial charge in [-0.25, -0.2) is 9.37 Å². The molecule has 4 unspecified atom stereocenters. The molecule has 2 heterocycles. The minimum atomic E-state index is -1.98. The van der Waals surface area contributed by atoms with Gasteiger partial charge in [-0.15, -0.1) is 11.3 Å². The maximum atomic E-state index is 14.4. The fourth-order valence-electron chi connectivity index (χ4n) is 4.86. The smallest absolute Gasteiger partial charge is 0.305 e. The van der Waals surface area contributed by atoms with Crippen LogP contribution in [0.1, 0.15) is 63.8 Å². The molecule has 2 fully saturated rings. The third kappa shape index (κ3) is 6.49. The molecule has 0 bridgehead atoms. The number of carboxylic acids is 1. The summed E-state index contributed by atoms with van der Waals surface area (Å²) in [6.45, 7) is 6.90. The zero-order valence-electron chi connectivity index (χ0n) is 22.9. The van der Waals surface area contributed by atoms with Crippen molar-refractivity contribution in [2.24, 2.45) is 5.41 Å². The maximum absolute atomic E-state index is 14.4. The van der Waals surface area contributed by atoms with Crippen molar-refractivity contribution in [3.63, 3.8) is 0 Å². The molecule has 1 aromatic heterocycles. The first-order valence-electron chi connectivity index (χ1n) is 13.2. The highest BCUT2D eigenvalue weighted by atomic mass is 32.1. The fourth-order valence-corrected chi connectivity index (χ4v) is 5.67. The quantitative estimate of drug-likeness (QED) is 0.360. The summed E-state index contributed by atoms with van der Waals surface area (Å²) in [5.74, 6) is -3.22. The fraction of sp³-hybridized carbons (Fsp3) is 0.536. The normalized spacial score (nSPS) is 21.4. The molecule has 1 aromatic carbocycles. The van der Waals surface area contributed by atoms with Gasteiger partial charge in [0.05, 0.1) is 34.6 Å². The SMILES string of the molecule is Cc1ncsc1-c1ccc(C(CC(=O)O)NC(=O)C2CC(O)CN2C(=O)C(NC(=O)C2(F)CC2)C(C)(C)C)cc1. The highest BCUT2D eigenvalue weighted by Gasteiger charge is 2.53. The van der Waals surface area contributed by atoms with E-state index in [2.05, 4.69) is 15.6 Å². The molecule has 2 aromatic rings. The molecule has 1 aliphatic heterocycles. The molecule has 10 nitrogen and oxygen atoms in total. The Morgan fingerprint density at radius 3 is 2.35 bits per heavy atom. The molecule has 12 heteroatoms. The predicted octanol–water partition coefficient (Wildman–Crippen LogP) is 2.75. The van der Waals surface area contributed by atoms with Crippen LogP contribution in [0.4, 0.5) is 4.39 Å². The number of rotatable bonds is 9. The predicted molar refractivity (Wildman–Crippen MR) is 146 cm³/mol. The summed E-state index contributed by atoms with van der Waals surface area (Å²) in [5.41, 5.74) is 1.31.